The van der Waals surface area contributed by atoms with Crippen molar-refractivity contribution in [3.8, 4) is 5.75 Å². The average molecular weight is 543 g/mol. The van der Waals surface area contributed by atoms with Crippen LogP contribution in [0.25, 0.3) is 0 Å². The number of guanidine groups is 1. The molecule has 6 nitrogen and oxygen atoms in total. The topological polar surface area (TPSA) is 66.0 Å². The minimum absolute atomic E-state index is 0. The Morgan fingerprint density at radius 3 is 2.68 bits per heavy atom. The molecule has 1 heterocycles. The Morgan fingerprint density at radius 1 is 1.29 bits per heavy atom. The predicted octanol–water partition coefficient (Wildman–Crippen LogP) is 3.98. The summed E-state index contributed by atoms with van der Waals surface area (Å²) in [5.41, 5.74) is 1.64. The van der Waals surface area contributed by atoms with Gasteiger partial charge in [-0.1, -0.05) is 32.4 Å². The molecule has 31 heavy (non-hydrogen) atoms. The summed E-state index contributed by atoms with van der Waals surface area (Å²) in [5, 5.41) is 6.47. The van der Waals surface area contributed by atoms with Crippen LogP contribution in [0.3, 0.4) is 0 Å². The van der Waals surface area contributed by atoms with Crippen LogP contribution in [0.2, 0.25) is 0 Å². The number of rotatable bonds is 9. The molecule has 1 aliphatic carbocycles. The number of likely N-dealkylation sites (tertiary alicyclic amines) is 1. The number of carbonyl (C=O) groups excluding carboxylic acids is 1. The molecule has 2 fully saturated rings. The molecule has 1 unspecified atom stereocenters. The van der Waals surface area contributed by atoms with Gasteiger partial charge in [-0.25, -0.2) is 0 Å². The summed E-state index contributed by atoms with van der Waals surface area (Å²) in [7, 11) is 1.87. The molecule has 1 aliphatic heterocycles. The normalized spacial score (nSPS) is 21.3. The number of aliphatic imine (C=N–C) groups is 1. The van der Waals surface area contributed by atoms with E-state index >= 15 is 0 Å². The van der Waals surface area contributed by atoms with Gasteiger partial charge in [-0.05, 0) is 61.6 Å². The molecule has 2 N–H and O–H groups in total. The quantitative estimate of drug-likeness (QED) is 0.282. The lowest BCUT2D eigenvalue weighted by molar-refractivity contribution is -0.123. The Bertz CT molecular complexity index is 717. The molecule has 0 radical (unpaired) electrons. The van der Waals surface area contributed by atoms with Gasteiger partial charge < -0.3 is 20.3 Å². The maximum atomic E-state index is 11.7. The fourth-order valence-corrected chi connectivity index (χ4v) is 4.35. The van der Waals surface area contributed by atoms with Crippen LogP contribution < -0.4 is 15.4 Å². The van der Waals surface area contributed by atoms with E-state index in [4.69, 9.17) is 4.74 Å². The Hall–Kier alpha value is -1.51. The summed E-state index contributed by atoms with van der Waals surface area (Å²) in [5.74, 6) is 1.71. The number of piperidine rings is 1. The van der Waals surface area contributed by atoms with Gasteiger partial charge in [0.15, 0.2) is 12.6 Å². The van der Waals surface area contributed by atoms with E-state index in [0.717, 1.165) is 50.6 Å². The molecule has 0 aromatic heterocycles. The molecule has 2 aliphatic rings. The molecule has 1 aromatic carbocycles. The van der Waals surface area contributed by atoms with Crippen LogP contribution in [0.4, 0.5) is 0 Å². The number of hydrogen-bond donors (Lipinski definition) is 2. The standard InChI is InChI=1S/C24H38N4O2.HI/c1-4-13-24(2)14-5-16-28(18-24)23(25-3)26-15-12-19-6-10-21(11-7-19)30-17-22(29)27-20-8-9-20;/h6-7,10-11,20H,4-5,8-9,12-18H2,1-3H3,(H,25,26)(H,27,29);1H. The van der Waals surface area contributed by atoms with Gasteiger partial charge in [0.2, 0.25) is 0 Å². The van der Waals surface area contributed by atoms with Crippen LogP contribution >= 0.6 is 24.0 Å². The van der Waals surface area contributed by atoms with E-state index in [1.807, 2.05) is 19.2 Å². The highest BCUT2D eigenvalue weighted by atomic mass is 127. The number of nitrogens with one attached hydrogen (secondary N) is 2. The monoisotopic (exact) mass is 542 g/mol. The smallest absolute Gasteiger partial charge is 0.258 e. The van der Waals surface area contributed by atoms with E-state index in [-0.39, 0.29) is 36.5 Å². The summed E-state index contributed by atoms with van der Waals surface area (Å²) < 4.78 is 5.58. The van der Waals surface area contributed by atoms with Gasteiger partial charge in [-0.15, -0.1) is 24.0 Å². The highest BCUT2D eigenvalue weighted by Gasteiger charge is 2.31. The third kappa shape index (κ3) is 8.50. The van der Waals surface area contributed by atoms with Crippen molar-refractivity contribution in [1.82, 2.24) is 15.5 Å². The van der Waals surface area contributed by atoms with Crippen molar-refractivity contribution in [3.63, 3.8) is 0 Å². The lowest BCUT2D eigenvalue weighted by Crippen LogP contribution is -2.50. The zero-order valence-corrected chi connectivity index (χ0v) is 21.6. The molecule has 1 amide bonds. The average Bonchev–Trinajstić information content (AvgIpc) is 3.54. The SMILES string of the molecule is CCCC1(C)CCCN(C(=NC)NCCc2ccc(OCC(=O)NC3CC3)cc2)C1.I. The van der Waals surface area contributed by atoms with Crippen molar-refractivity contribution < 1.29 is 9.53 Å². The fourth-order valence-electron chi connectivity index (χ4n) is 4.35. The number of carbonyl (C=O) groups is 1. The van der Waals surface area contributed by atoms with Crippen LogP contribution in [0.1, 0.15) is 57.9 Å². The van der Waals surface area contributed by atoms with E-state index in [2.05, 4.69) is 46.5 Å². The number of benzene rings is 1. The van der Waals surface area contributed by atoms with Gasteiger partial charge in [-0.2, -0.15) is 0 Å². The maximum absolute atomic E-state index is 11.7. The highest BCUT2D eigenvalue weighted by molar-refractivity contribution is 14.0. The lowest BCUT2D eigenvalue weighted by atomic mass is 9.78. The maximum Gasteiger partial charge on any atom is 0.258 e. The Morgan fingerprint density at radius 2 is 2.03 bits per heavy atom. The Kier molecular flexibility index (Phi) is 10.4. The van der Waals surface area contributed by atoms with E-state index in [1.54, 1.807) is 0 Å². The molecule has 3 rings (SSSR count). The summed E-state index contributed by atoms with van der Waals surface area (Å²) in [6, 6.07) is 8.39. The predicted molar refractivity (Wildman–Crippen MR) is 137 cm³/mol. The first kappa shape index (κ1) is 25.7. The Labute approximate surface area is 204 Å². The van der Waals surface area contributed by atoms with Crippen molar-refractivity contribution in [3.05, 3.63) is 29.8 Å². The van der Waals surface area contributed by atoms with Crippen molar-refractivity contribution >= 4 is 35.8 Å². The van der Waals surface area contributed by atoms with E-state index in [9.17, 15) is 4.79 Å². The number of nitrogens with zero attached hydrogens (tertiary/aromatic N) is 2. The van der Waals surface area contributed by atoms with E-state index in [1.165, 1.54) is 31.2 Å². The first-order valence-corrected chi connectivity index (χ1v) is 11.5. The molecule has 0 bridgehead atoms. The zero-order valence-electron chi connectivity index (χ0n) is 19.3. The van der Waals surface area contributed by atoms with Gasteiger partial charge in [0.1, 0.15) is 5.75 Å². The minimum atomic E-state index is -0.0371. The first-order chi connectivity index (χ1) is 14.5. The van der Waals surface area contributed by atoms with E-state index in [0.29, 0.717) is 11.5 Å². The lowest BCUT2D eigenvalue weighted by Gasteiger charge is -2.42. The summed E-state index contributed by atoms with van der Waals surface area (Å²) in [6.45, 7) is 7.78. The summed E-state index contributed by atoms with van der Waals surface area (Å²) >= 11 is 0. The van der Waals surface area contributed by atoms with Crippen LogP contribution in [-0.2, 0) is 11.2 Å². The van der Waals surface area contributed by atoms with Gasteiger partial charge in [0.05, 0.1) is 0 Å². The molecule has 1 saturated carbocycles. The number of halogens is 1. The van der Waals surface area contributed by atoms with Crippen molar-refractivity contribution in [2.75, 3.05) is 33.3 Å². The summed E-state index contributed by atoms with van der Waals surface area (Å²) in [6.07, 6.45) is 8.16. The largest absolute Gasteiger partial charge is 0.484 e. The zero-order chi connectivity index (χ0) is 21.4. The fraction of sp³-hybridized carbons (Fsp3) is 0.667. The van der Waals surface area contributed by atoms with Crippen molar-refractivity contribution in [2.24, 2.45) is 10.4 Å². The molecule has 1 aromatic rings. The molecule has 0 spiro atoms. The minimum Gasteiger partial charge on any atom is -0.484 e. The van der Waals surface area contributed by atoms with Gasteiger partial charge >= 0.3 is 0 Å². The second-order valence-electron chi connectivity index (χ2n) is 9.08. The van der Waals surface area contributed by atoms with Crippen LogP contribution in [0, 0.1) is 5.41 Å². The van der Waals surface area contributed by atoms with Gasteiger partial charge in [0.25, 0.3) is 5.91 Å². The van der Waals surface area contributed by atoms with E-state index < -0.39 is 0 Å². The third-order valence-corrected chi connectivity index (χ3v) is 6.08. The number of amides is 1. The molecule has 1 saturated heterocycles. The van der Waals surface area contributed by atoms with Gasteiger partial charge in [0, 0.05) is 32.7 Å². The van der Waals surface area contributed by atoms with Crippen molar-refractivity contribution in [1.29, 1.82) is 0 Å². The van der Waals surface area contributed by atoms with Crippen LogP contribution in [0.15, 0.2) is 29.3 Å². The first-order valence-electron chi connectivity index (χ1n) is 11.5. The summed E-state index contributed by atoms with van der Waals surface area (Å²) in [4.78, 5) is 18.7. The molecular weight excluding hydrogens is 503 g/mol. The Balaban J connectivity index is 0.00000341. The van der Waals surface area contributed by atoms with Gasteiger partial charge in [-0.3, -0.25) is 9.79 Å². The number of hydrogen-bond acceptors (Lipinski definition) is 3. The van der Waals surface area contributed by atoms with Crippen LogP contribution in [-0.4, -0.2) is 56.1 Å². The molecule has 1 atom stereocenters. The highest BCUT2D eigenvalue weighted by Crippen LogP contribution is 2.33. The molecule has 174 valence electrons. The van der Waals surface area contributed by atoms with Crippen LogP contribution in [0.5, 0.6) is 5.75 Å². The molecular formula is C24H39IN4O2. The van der Waals surface area contributed by atoms with Crippen molar-refractivity contribution in [2.45, 2.75) is 64.8 Å². The second kappa shape index (κ2) is 12.5. The molecule has 7 heteroatoms. The second-order valence-corrected chi connectivity index (χ2v) is 9.08. The number of ether oxygens (including phenoxy) is 1. The third-order valence-electron chi connectivity index (χ3n) is 6.08.